The number of nitrogens with one attached hydrogen (secondary N) is 1. The Labute approximate surface area is 129 Å². The Kier molecular flexibility index (Phi) is 9.11. The highest BCUT2D eigenvalue weighted by Gasteiger charge is 2.08. The zero-order valence-corrected chi connectivity index (χ0v) is 13.8. The number of hydrogen-bond donors (Lipinski definition) is 2. The van der Waals surface area contributed by atoms with Gasteiger partial charge in [-0.3, -0.25) is 0 Å². The number of aliphatic hydroxyl groups excluding tert-OH is 1. The fraction of sp³-hybridized carbons (Fsp3) is 0.667. The molecule has 120 valence electrons. The average molecular weight is 293 g/mol. The predicted molar refractivity (Wildman–Crippen MR) is 88.9 cm³/mol. The maximum Gasteiger partial charge on any atom is 0.119 e. The summed E-state index contributed by atoms with van der Waals surface area (Å²) < 4.78 is 5.58. The quantitative estimate of drug-likeness (QED) is 0.655. The lowest BCUT2D eigenvalue weighted by Gasteiger charge is -2.17. The molecule has 2 N–H and O–H groups in total. The molecule has 0 aliphatic rings. The second-order valence-corrected chi connectivity index (χ2v) is 5.85. The molecule has 0 heterocycles. The van der Waals surface area contributed by atoms with E-state index < -0.39 is 6.10 Å². The van der Waals surface area contributed by atoms with Gasteiger partial charge < -0.3 is 15.2 Å². The molecule has 21 heavy (non-hydrogen) atoms. The van der Waals surface area contributed by atoms with Gasteiger partial charge in [0.1, 0.15) is 18.5 Å². The van der Waals surface area contributed by atoms with Crippen molar-refractivity contribution in [3.63, 3.8) is 0 Å². The molecule has 1 aromatic rings. The summed E-state index contributed by atoms with van der Waals surface area (Å²) >= 11 is 0. The highest BCUT2D eigenvalue weighted by molar-refractivity contribution is 5.26. The molecule has 0 fully saturated rings. The molecule has 0 aromatic heterocycles. The first-order chi connectivity index (χ1) is 10.2. The third kappa shape index (κ3) is 8.08. The zero-order valence-electron chi connectivity index (χ0n) is 13.8. The summed E-state index contributed by atoms with van der Waals surface area (Å²) in [6, 6.07) is 7.90. The van der Waals surface area contributed by atoms with Gasteiger partial charge in [0, 0.05) is 6.54 Å². The molecular formula is C18H31NO2. The summed E-state index contributed by atoms with van der Waals surface area (Å²) in [6.07, 6.45) is 4.55. The number of aliphatic hydroxyl groups is 1. The Morgan fingerprint density at radius 1 is 1.14 bits per heavy atom. The third-order valence-corrected chi connectivity index (χ3v) is 3.82. The molecule has 0 bridgehead atoms. The van der Waals surface area contributed by atoms with Crippen molar-refractivity contribution in [3.8, 4) is 5.75 Å². The monoisotopic (exact) mass is 293 g/mol. The van der Waals surface area contributed by atoms with Crippen LogP contribution in [0.25, 0.3) is 0 Å². The summed E-state index contributed by atoms with van der Waals surface area (Å²) in [5.41, 5.74) is 1.21. The van der Waals surface area contributed by atoms with Crippen LogP contribution in [0.15, 0.2) is 24.3 Å². The summed E-state index contributed by atoms with van der Waals surface area (Å²) in [7, 11) is 0. The molecule has 1 aromatic carbocycles. The molecule has 0 radical (unpaired) electrons. The molecule has 0 amide bonds. The van der Waals surface area contributed by atoms with E-state index in [1.165, 1.54) is 31.2 Å². The van der Waals surface area contributed by atoms with Gasteiger partial charge in [0.25, 0.3) is 0 Å². The van der Waals surface area contributed by atoms with Crippen molar-refractivity contribution < 1.29 is 9.84 Å². The minimum Gasteiger partial charge on any atom is -0.491 e. The summed E-state index contributed by atoms with van der Waals surface area (Å²) in [6.45, 7) is 8.42. The van der Waals surface area contributed by atoms with Crippen molar-refractivity contribution in [1.29, 1.82) is 0 Å². The van der Waals surface area contributed by atoms with Crippen molar-refractivity contribution in [2.24, 2.45) is 5.92 Å². The van der Waals surface area contributed by atoms with E-state index in [2.05, 4.69) is 19.2 Å². The molecule has 3 heteroatoms. The van der Waals surface area contributed by atoms with Crippen LogP contribution in [0.1, 0.15) is 45.1 Å². The number of hydrogen-bond acceptors (Lipinski definition) is 3. The van der Waals surface area contributed by atoms with Crippen LogP contribution in [0.3, 0.4) is 0 Å². The summed E-state index contributed by atoms with van der Waals surface area (Å²) in [4.78, 5) is 0. The van der Waals surface area contributed by atoms with Gasteiger partial charge >= 0.3 is 0 Å². The van der Waals surface area contributed by atoms with Gasteiger partial charge in [0.05, 0.1) is 0 Å². The third-order valence-electron chi connectivity index (χ3n) is 3.82. The minimum atomic E-state index is -0.463. The van der Waals surface area contributed by atoms with E-state index >= 15 is 0 Å². The van der Waals surface area contributed by atoms with Crippen LogP contribution in [0.4, 0.5) is 0 Å². The van der Waals surface area contributed by atoms with Crippen LogP contribution >= 0.6 is 0 Å². The minimum absolute atomic E-state index is 0.335. The molecule has 0 saturated carbocycles. The maximum absolute atomic E-state index is 9.94. The smallest absolute Gasteiger partial charge is 0.119 e. The Bertz CT molecular complexity index is 364. The standard InChI is InChI=1S/C18H31NO2/c1-4-6-7-16(5-2)12-19-13-17(20)14-21-18-10-8-15(3)9-11-18/h8-11,16-17,19-20H,4-7,12-14H2,1-3H3/t16-,17+/m1/s1. The predicted octanol–water partition coefficient (Wildman–Crippen LogP) is 3.54. The Balaban J connectivity index is 2.15. The highest BCUT2D eigenvalue weighted by Crippen LogP contribution is 2.12. The van der Waals surface area contributed by atoms with Gasteiger partial charge in [-0.2, -0.15) is 0 Å². The largest absolute Gasteiger partial charge is 0.491 e. The fourth-order valence-electron chi connectivity index (χ4n) is 2.28. The van der Waals surface area contributed by atoms with E-state index in [-0.39, 0.29) is 0 Å². The van der Waals surface area contributed by atoms with E-state index in [4.69, 9.17) is 4.74 Å². The molecule has 1 rings (SSSR count). The zero-order chi connectivity index (χ0) is 15.5. The fourth-order valence-corrected chi connectivity index (χ4v) is 2.28. The van der Waals surface area contributed by atoms with Gasteiger partial charge in [-0.05, 0) is 37.9 Å². The second kappa shape index (κ2) is 10.6. The van der Waals surface area contributed by atoms with E-state index in [0.717, 1.165) is 18.2 Å². The Morgan fingerprint density at radius 2 is 1.86 bits per heavy atom. The summed E-state index contributed by atoms with van der Waals surface area (Å²) in [5.74, 6) is 1.53. The number of ether oxygens (including phenoxy) is 1. The van der Waals surface area contributed by atoms with Crippen molar-refractivity contribution in [1.82, 2.24) is 5.32 Å². The SMILES string of the molecule is CCCC[C@@H](CC)CNC[C@H](O)COc1ccc(C)cc1. The lowest BCUT2D eigenvalue weighted by molar-refractivity contribution is 0.105. The molecule has 2 atom stereocenters. The molecule has 0 saturated heterocycles. The van der Waals surface area contributed by atoms with Gasteiger partial charge in [-0.15, -0.1) is 0 Å². The van der Waals surface area contributed by atoms with Crippen LogP contribution in [0, 0.1) is 12.8 Å². The van der Waals surface area contributed by atoms with Crippen molar-refractivity contribution >= 4 is 0 Å². The number of aryl methyl sites for hydroxylation is 1. The van der Waals surface area contributed by atoms with Crippen LogP contribution < -0.4 is 10.1 Å². The first-order valence-electron chi connectivity index (χ1n) is 8.23. The van der Waals surface area contributed by atoms with E-state index in [1.807, 2.05) is 31.2 Å². The normalized spacial score (nSPS) is 13.9. The molecule has 0 aliphatic heterocycles. The topological polar surface area (TPSA) is 41.5 Å². The number of rotatable bonds is 11. The average Bonchev–Trinajstić information content (AvgIpc) is 2.50. The van der Waals surface area contributed by atoms with Gasteiger partial charge in [0.15, 0.2) is 0 Å². The molecule has 0 unspecified atom stereocenters. The van der Waals surface area contributed by atoms with Gasteiger partial charge in [-0.25, -0.2) is 0 Å². The molecule has 3 nitrogen and oxygen atoms in total. The van der Waals surface area contributed by atoms with Crippen LogP contribution in [-0.2, 0) is 0 Å². The maximum atomic E-state index is 9.94. The van der Waals surface area contributed by atoms with E-state index in [0.29, 0.717) is 13.2 Å². The van der Waals surface area contributed by atoms with Crippen LogP contribution in [0.5, 0.6) is 5.75 Å². The molecule has 0 spiro atoms. The van der Waals surface area contributed by atoms with Crippen LogP contribution in [-0.4, -0.2) is 30.9 Å². The van der Waals surface area contributed by atoms with Crippen molar-refractivity contribution in [2.75, 3.05) is 19.7 Å². The molecular weight excluding hydrogens is 262 g/mol. The highest BCUT2D eigenvalue weighted by atomic mass is 16.5. The van der Waals surface area contributed by atoms with Gasteiger partial charge in [0.2, 0.25) is 0 Å². The molecule has 0 aliphatic carbocycles. The Morgan fingerprint density at radius 3 is 2.48 bits per heavy atom. The number of unbranched alkanes of at least 4 members (excludes halogenated alkanes) is 1. The first-order valence-corrected chi connectivity index (χ1v) is 8.23. The summed E-state index contributed by atoms with van der Waals surface area (Å²) in [5, 5.41) is 13.3. The number of benzene rings is 1. The van der Waals surface area contributed by atoms with E-state index in [1.54, 1.807) is 0 Å². The van der Waals surface area contributed by atoms with Crippen molar-refractivity contribution in [3.05, 3.63) is 29.8 Å². The lowest BCUT2D eigenvalue weighted by Crippen LogP contribution is -2.34. The lowest BCUT2D eigenvalue weighted by atomic mass is 9.99. The second-order valence-electron chi connectivity index (χ2n) is 5.85. The first kappa shape index (κ1) is 18.0. The van der Waals surface area contributed by atoms with Crippen LogP contribution in [0.2, 0.25) is 0 Å². The Hall–Kier alpha value is -1.06. The van der Waals surface area contributed by atoms with Gasteiger partial charge in [-0.1, -0.05) is 50.8 Å². The van der Waals surface area contributed by atoms with Crippen molar-refractivity contribution in [2.45, 2.75) is 52.6 Å². The van der Waals surface area contributed by atoms with E-state index in [9.17, 15) is 5.11 Å².